The molecule has 1 atom stereocenters. The number of halogens is 2. The summed E-state index contributed by atoms with van der Waals surface area (Å²) in [7, 11) is 1.61. The molecule has 3 rings (SSSR count). The summed E-state index contributed by atoms with van der Waals surface area (Å²) in [5.41, 5.74) is 1.91. The number of thioether (sulfide) groups is 1. The normalized spacial score (nSPS) is 14.9. The zero-order valence-electron chi connectivity index (χ0n) is 19.7. The number of nitrogens with one attached hydrogen (secondary N) is 1. The summed E-state index contributed by atoms with van der Waals surface area (Å²) in [4.78, 5) is 28.0. The minimum Gasteiger partial charge on any atom is -0.497 e. The molecule has 0 spiro atoms. The lowest BCUT2D eigenvalue weighted by Crippen LogP contribution is -2.50. The average Bonchev–Trinajstić information content (AvgIpc) is 2.85. The second kappa shape index (κ2) is 13.3. The van der Waals surface area contributed by atoms with Crippen LogP contribution >= 0.6 is 35.0 Å². The van der Waals surface area contributed by atoms with Crippen molar-refractivity contribution >= 4 is 46.8 Å². The summed E-state index contributed by atoms with van der Waals surface area (Å²) in [6, 6.07) is 12.7. The largest absolute Gasteiger partial charge is 0.497 e. The van der Waals surface area contributed by atoms with Crippen LogP contribution in [0.4, 0.5) is 0 Å². The second-order valence-corrected chi connectivity index (χ2v) is 10.4. The van der Waals surface area contributed by atoms with Crippen molar-refractivity contribution in [3.8, 4) is 5.75 Å². The van der Waals surface area contributed by atoms with Crippen LogP contribution in [0.15, 0.2) is 42.5 Å². The highest BCUT2D eigenvalue weighted by Gasteiger charge is 2.28. The minimum absolute atomic E-state index is 0.0841. The number of carbonyl (C=O) groups is 2. The standard InChI is InChI=1S/C26H32Cl2N2O3S/c1-18(26(32)29-21-8-4-3-5-9-21)30(15-19-7-6-10-22(13-19)33-2)25(31)17-34-16-20-11-12-23(27)24(28)14-20/h6-7,10-14,18,21H,3-5,8-9,15-17H2,1-2H3,(H,29,32). The molecule has 5 nitrogen and oxygen atoms in total. The van der Waals surface area contributed by atoms with Crippen molar-refractivity contribution in [2.24, 2.45) is 0 Å². The number of nitrogens with zero attached hydrogens (tertiary/aromatic N) is 1. The maximum atomic E-state index is 13.3. The first-order valence-corrected chi connectivity index (χ1v) is 13.5. The number of carbonyl (C=O) groups excluding carboxylic acids is 2. The Hall–Kier alpha value is -1.89. The van der Waals surface area contributed by atoms with Crippen LogP contribution in [0.5, 0.6) is 5.75 Å². The molecule has 2 amide bonds. The Kier molecular flexibility index (Phi) is 10.4. The summed E-state index contributed by atoms with van der Waals surface area (Å²) in [6.45, 7) is 2.14. The monoisotopic (exact) mass is 522 g/mol. The van der Waals surface area contributed by atoms with Crippen LogP contribution in [0.2, 0.25) is 10.0 Å². The molecular formula is C26H32Cl2N2O3S. The first-order valence-electron chi connectivity index (χ1n) is 11.6. The Morgan fingerprint density at radius 2 is 1.85 bits per heavy atom. The SMILES string of the molecule is COc1cccc(CN(C(=O)CSCc2ccc(Cl)c(Cl)c2)C(C)C(=O)NC2CCCCC2)c1. The maximum absolute atomic E-state index is 13.3. The number of methoxy groups -OCH3 is 1. The van der Waals surface area contributed by atoms with Gasteiger partial charge in [0.1, 0.15) is 11.8 Å². The second-order valence-electron chi connectivity index (χ2n) is 8.63. The number of hydrogen-bond acceptors (Lipinski definition) is 4. The maximum Gasteiger partial charge on any atom is 0.242 e. The molecule has 1 aliphatic rings. The molecule has 2 aromatic rings. The molecule has 1 aliphatic carbocycles. The predicted octanol–water partition coefficient (Wildman–Crippen LogP) is 6.10. The molecule has 0 heterocycles. The number of hydrogen-bond donors (Lipinski definition) is 1. The molecule has 0 radical (unpaired) electrons. The van der Waals surface area contributed by atoms with Gasteiger partial charge in [-0.25, -0.2) is 0 Å². The third-order valence-electron chi connectivity index (χ3n) is 6.08. The van der Waals surface area contributed by atoms with E-state index in [-0.39, 0.29) is 23.6 Å². The Bertz CT molecular complexity index is 982. The Morgan fingerprint density at radius 1 is 1.09 bits per heavy atom. The van der Waals surface area contributed by atoms with E-state index in [0.717, 1.165) is 42.6 Å². The lowest BCUT2D eigenvalue weighted by Gasteiger charge is -2.31. The number of rotatable bonds is 10. The van der Waals surface area contributed by atoms with Crippen LogP contribution in [0, 0.1) is 0 Å². The van der Waals surface area contributed by atoms with Crippen molar-refractivity contribution in [2.45, 2.75) is 63.4 Å². The smallest absolute Gasteiger partial charge is 0.242 e. The van der Waals surface area contributed by atoms with Gasteiger partial charge in [0.05, 0.1) is 22.9 Å². The molecule has 8 heteroatoms. The molecule has 2 aromatic carbocycles. The molecule has 0 aliphatic heterocycles. The van der Waals surface area contributed by atoms with Crippen molar-refractivity contribution in [1.29, 1.82) is 0 Å². The molecular weight excluding hydrogens is 491 g/mol. The third kappa shape index (κ3) is 7.82. The molecule has 0 saturated heterocycles. The van der Waals surface area contributed by atoms with Gasteiger partial charge in [0.25, 0.3) is 0 Å². The van der Waals surface area contributed by atoms with Gasteiger partial charge in [-0.2, -0.15) is 0 Å². The Labute approximate surface area is 216 Å². The number of benzene rings is 2. The average molecular weight is 524 g/mol. The van der Waals surface area contributed by atoms with E-state index in [1.54, 1.807) is 25.0 Å². The number of amides is 2. The zero-order valence-corrected chi connectivity index (χ0v) is 22.0. The van der Waals surface area contributed by atoms with Gasteiger partial charge < -0.3 is 15.0 Å². The van der Waals surface area contributed by atoms with E-state index >= 15 is 0 Å². The van der Waals surface area contributed by atoms with Crippen LogP contribution in [-0.4, -0.2) is 41.7 Å². The van der Waals surface area contributed by atoms with Crippen LogP contribution in [0.3, 0.4) is 0 Å². The highest BCUT2D eigenvalue weighted by molar-refractivity contribution is 7.99. The Balaban J connectivity index is 1.67. The molecule has 1 saturated carbocycles. The van der Waals surface area contributed by atoms with E-state index in [4.69, 9.17) is 27.9 Å². The van der Waals surface area contributed by atoms with Crippen molar-refractivity contribution in [2.75, 3.05) is 12.9 Å². The summed E-state index contributed by atoms with van der Waals surface area (Å²) in [5.74, 6) is 1.42. The quantitative estimate of drug-likeness (QED) is 0.409. The van der Waals surface area contributed by atoms with Gasteiger partial charge in [-0.05, 0) is 55.2 Å². The van der Waals surface area contributed by atoms with Gasteiger partial charge in [-0.15, -0.1) is 11.8 Å². The van der Waals surface area contributed by atoms with Crippen LogP contribution in [-0.2, 0) is 21.9 Å². The third-order valence-corrected chi connectivity index (χ3v) is 7.81. The zero-order chi connectivity index (χ0) is 24.5. The minimum atomic E-state index is -0.578. The summed E-state index contributed by atoms with van der Waals surface area (Å²) in [6.07, 6.45) is 5.50. The van der Waals surface area contributed by atoms with Crippen molar-refractivity contribution in [1.82, 2.24) is 10.2 Å². The van der Waals surface area contributed by atoms with Crippen LogP contribution < -0.4 is 10.1 Å². The summed E-state index contributed by atoms with van der Waals surface area (Å²) < 4.78 is 5.33. The topological polar surface area (TPSA) is 58.6 Å². The fourth-order valence-corrected chi connectivity index (χ4v) is 5.27. The van der Waals surface area contributed by atoms with Gasteiger partial charge in [0, 0.05) is 18.3 Å². The molecule has 1 fully saturated rings. The van der Waals surface area contributed by atoms with Gasteiger partial charge in [0.2, 0.25) is 11.8 Å². The predicted molar refractivity (Wildman–Crippen MR) is 141 cm³/mol. The van der Waals surface area contributed by atoms with Crippen molar-refractivity contribution < 1.29 is 14.3 Å². The van der Waals surface area contributed by atoms with Gasteiger partial charge in [-0.1, -0.05) is 60.7 Å². The fraction of sp³-hybridized carbons (Fsp3) is 0.462. The van der Waals surface area contributed by atoms with Gasteiger partial charge in [0.15, 0.2) is 0 Å². The van der Waals surface area contributed by atoms with Crippen LogP contribution in [0.25, 0.3) is 0 Å². The summed E-state index contributed by atoms with van der Waals surface area (Å²) in [5, 5.41) is 4.17. The van der Waals surface area contributed by atoms with E-state index in [0.29, 0.717) is 22.3 Å². The molecule has 34 heavy (non-hydrogen) atoms. The lowest BCUT2D eigenvalue weighted by atomic mass is 9.95. The van der Waals surface area contributed by atoms with E-state index in [1.165, 1.54) is 18.2 Å². The highest BCUT2D eigenvalue weighted by atomic mass is 35.5. The molecule has 1 N–H and O–H groups in total. The molecule has 184 valence electrons. The van der Waals surface area contributed by atoms with E-state index < -0.39 is 6.04 Å². The van der Waals surface area contributed by atoms with E-state index in [2.05, 4.69) is 5.32 Å². The lowest BCUT2D eigenvalue weighted by molar-refractivity contribution is -0.139. The van der Waals surface area contributed by atoms with Crippen LogP contribution in [0.1, 0.15) is 50.2 Å². The Morgan fingerprint density at radius 3 is 2.56 bits per heavy atom. The summed E-state index contributed by atoms with van der Waals surface area (Å²) >= 11 is 13.6. The highest BCUT2D eigenvalue weighted by Crippen LogP contribution is 2.25. The van der Waals surface area contributed by atoms with Gasteiger partial charge in [-0.3, -0.25) is 9.59 Å². The molecule has 0 aromatic heterocycles. The van der Waals surface area contributed by atoms with Crippen molar-refractivity contribution in [3.63, 3.8) is 0 Å². The number of ether oxygens (including phenoxy) is 1. The van der Waals surface area contributed by atoms with Crippen molar-refractivity contribution in [3.05, 3.63) is 63.6 Å². The first-order chi connectivity index (χ1) is 16.4. The van der Waals surface area contributed by atoms with E-state index in [9.17, 15) is 9.59 Å². The van der Waals surface area contributed by atoms with Gasteiger partial charge >= 0.3 is 0 Å². The first kappa shape index (κ1) is 26.7. The molecule has 0 bridgehead atoms. The van der Waals surface area contributed by atoms with E-state index in [1.807, 2.05) is 36.4 Å². The fourth-order valence-electron chi connectivity index (χ4n) is 4.09. The molecule has 1 unspecified atom stereocenters.